The van der Waals surface area contributed by atoms with E-state index >= 15 is 0 Å². The van der Waals surface area contributed by atoms with Crippen LogP contribution in [0.1, 0.15) is 10.4 Å². The van der Waals surface area contributed by atoms with Crippen molar-refractivity contribution in [2.75, 3.05) is 34.4 Å². The fourth-order valence-corrected chi connectivity index (χ4v) is 2.33. The summed E-state index contributed by atoms with van der Waals surface area (Å²) in [6.07, 6.45) is -0.379. The van der Waals surface area contributed by atoms with Crippen LogP contribution in [0.15, 0.2) is 18.2 Å². The van der Waals surface area contributed by atoms with E-state index in [1.54, 1.807) is 20.3 Å². The summed E-state index contributed by atoms with van der Waals surface area (Å²) >= 11 is 0. The monoisotopic (exact) mass is 283 g/mol. The summed E-state index contributed by atoms with van der Waals surface area (Å²) in [5, 5.41) is 0. The molecule has 2 rings (SSSR count). The van der Waals surface area contributed by atoms with E-state index < -0.39 is 5.82 Å². The minimum absolute atomic E-state index is 0.0254. The molecule has 20 heavy (non-hydrogen) atoms. The highest BCUT2D eigenvalue weighted by atomic mass is 19.1. The molecule has 6 heteroatoms. The second kappa shape index (κ2) is 6.19. The number of ether oxygens (including phenoxy) is 3. The van der Waals surface area contributed by atoms with Gasteiger partial charge in [0.15, 0.2) is 0 Å². The number of amides is 1. The van der Waals surface area contributed by atoms with E-state index in [1.807, 2.05) is 0 Å². The van der Waals surface area contributed by atoms with Gasteiger partial charge in [-0.3, -0.25) is 4.79 Å². The standard InChI is InChI=1S/C14H18FNO4/c1-18-9-4-5-10(11(15)6-9)14(17)16-7-12(19-2)13(8-16)20-3/h4-6,12-13H,7-8H2,1-3H3. The second-order valence-electron chi connectivity index (χ2n) is 4.60. The van der Waals surface area contributed by atoms with Crippen LogP contribution in [-0.2, 0) is 9.47 Å². The van der Waals surface area contributed by atoms with E-state index in [1.165, 1.54) is 24.1 Å². The first-order valence-electron chi connectivity index (χ1n) is 6.29. The molecule has 110 valence electrons. The van der Waals surface area contributed by atoms with Crippen LogP contribution in [0.2, 0.25) is 0 Å². The Morgan fingerprint density at radius 1 is 1.20 bits per heavy atom. The molecule has 0 radical (unpaired) electrons. The van der Waals surface area contributed by atoms with Crippen molar-refractivity contribution in [3.63, 3.8) is 0 Å². The van der Waals surface area contributed by atoms with Crippen LogP contribution < -0.4 is 4.74 Å². The number of hydrogen-bond donors (Lipinski definition) is 0. The molecular formula is C14H18FNO4. The van der Waals surface area contributed by atoms with E-state index in [9.17, 15) is 9.18 Å². The Morgan fingerprint density at radius 3 is 2.25 bits per heavy atom. The third kappa shape index (κ3) is 2.76. The van der Waals surface area contributed by atoms with Gasteiger partial charge in [0.25, 0.3) is 5.91 Å². The van der Waals surface area contributed by atoms with Gasteiger partial charge in [0.05, 0.1) is 12.7 Å². The fourth-order valence-electron chi connectivity index (χ4n) is 2.33. The number of likely N-dealkylation sites (tertiary alicyclic amines) is 1. The zero-order valence-corrected chi connectivity index (χ0v) is 11.8. The topological polar surface area (TPSA) is 48.0 Å². The summed E-state index contributed by atoms with van der Waals surface area (Å²) < 4.78 is 29.4. The summed E-state index contributed by atoms with van der Waals surface area (Å²) in [4.78, 5) is 13.9. The Hall–Kier alpha value is -1.66. The lowest BCUT2D eigenvalue weighted by Gasteiger charge is -2.16. The molecule has 5 nitrogen and oxygen atoms in total. The summed E-state index contributed by atoms with van der Waals surface area (Å²) in [6.45, 7) is 0.776. The van der Waals surface area contributed by atoms with Gasteiger partial charge in [0, 0.05) is 33.4 Å². The molecule has 0 N–H and O–H groups in total. The van der Waals surface area contributed by atoms with Gasteiger partial charge in [0.2, 0.25) is 0 Å². The van der Waals surface area contributed by atoms with E-state index in [0.717, 1.165) is 0 Å². The Kier molecular flexibility index (Phi) is 4.57. The number of hydrogen-bond acceptors (Lipinski definition) is 4. The summed E-state index contributed by atoms with van der Waals surface area (Å²) in [7, 11) is 4.58. The molecule has 1 aliphatic rings. The molecule has 1 saturated heterocycles. The third-order valence-corrected chi connectivity index (χ3v) is 3.51. The van der Waals surface area contributed by atoms with Crippen molar-refractivity contribution in [2.24, 2.45) is 0 Å². The largest absolute Gasteiger partial charge is 0.497 e. The molecule has 2 unspecified atom stereocenters. The van der Waals surface area contributed by atoms with Crippen LogP contribution in [-0.4, -0.2) is 57.4 Å². The first-order valence-corrected chi connectivity index (χ1v) is 6.29. The molecule has 0 aromatic heterocycles. The zero-order chi connectivity index (χ0) is 14.7. The maximum Gasteiger partial charge on any atom is 0.257 e. The molecule has 1 aliphatic heterocycles. The molecule has 1 aromatic carbocycles. The number of nitrogens with zero attached hydrogens (tertiary/aromatic N) is 1. The van der Waals surface area contributed by atoms with Gasteiger partial charge < -0.3 is 19.1 Å². The van der Waals surface area contributed by atoms with Crippen molar-refractivity contribution < 1.29 is 23.4 Å². The highest BCUT2D eigenvalue weighted by Gasteiger charge is 2.36. The van der Waals surface area contributed by atoms with Gasteiger partial charge in [-0.15, -0.1) is 0 Å². The number of methoxy groups -OCH3 is 3. The van der Waals surface area contributed by atoms with Gasteiger partial charge in [-0.1, -0.05) is 0 Å². The first-order chi connectivity index (χ1) is 9.60. The quantitative estimate of drug-likeness (QED) is 0.836. The van der Waals surface area contributed by atoms with E-state index in [-0.39, 0.29) is 23.7 Å². The number of rotatable bonds is 4. The maximum absolute atomic E-state index is 13.9. The van der Waals surface area contributed by atoms with Crippen molar-refractivity contribution in [2.45, 2.75) is 12.2 Å². The van der Waals surface area contributed by atoms with Gasteiger partial charge in [-0.2, -0.15) is 0 Å². The van der Waals surface area contributed by atoms with Crippen molar-refractivity contribution in [3.8, 4) is 5.75 Å². The number of benzene rings is 1. The van der Waals surface area contributed by atoms with Crippen LogP contribution >= 0.6 is 0 Å². The van der Waals surface area contributed by atoms with Gasteiger partial charge in [-0.25, -0.2) is 4.39 Å². The summed E-state index contributed by atoms with van der Waals surface area (Å²) in [5.41, 5.74) is 0.0254. The Bertz CT molecular complexity index is 482. The lowest BCUT2D eigenvalue weighted by molar-refractivity contribution is -0.00461. The average molecular weight is 283 g/mol. The summed E-state index contributed by atoms with van der Waals surface area (Å²) in [6, 6.07) is 4.19. The van der Waals surface area contributed by atoms with Crippen molar-refractivity contribution >= 4 is 5.91 Å². The molecular weight excluding hydrogens is 265 g/mol. The van der Waals surface area contributed by atoms with Crippen molar-refractivity contribution in [3.05, 3.63) is 29.6 Å². The lowest BCUT2D eigenvalue weighted by atomic mass is 10.2. The summed E-state index contributed by atoms with van der Waals surface area (Å²) in [5.74, 6) is -0.582. The van der Waals surface area contributed by atoms with Crippen LogP contribution in [0.25, 0.3) is 0 Å². The predicted octanol–water partition coefficient (Wildman–Crippen LogP) is 1.32. The molecule has 1 amide bonds. The fraction of sp³-hybridized carbons (Fsp3) is 0.500. The minimum Gasteiger partial charge on any atom is -0.497 e. The lowest BCUT2D eigenvalue weighted by Crippen LogP contribution is -2.30. The van der Waals surface area contributed by atoms with E-state index in [4.69, 9.17) is 14.2 Å². The van der Waals surface area contributed by atoms with Crippen LogP contribution in [0.5, 0.6) is 5.75 Å². The van der Waals surface area contributed by atoms with Crippen molar-refractivity contribution in [1.82, 2.24) is 4.90 Å². The smallest absolute Gasteiger partial charge is 0.257 e. The molecule has 0 saturated carbocycles. The highest BCUT2D eigenvalue weighted by molar-refractivity contribution is 5.94. The van der Waals surface area contributed by atoms with E-state index in [0.29, 0.717) is 18.8 Å². The van der Waals surface area contributed by atoms with Crippen molar-refractivity contribution in [1.29, 1.82) is 0 Å². The normalized spacial score (nSPS) is 22.1. The van der Waals surface area contributed by atoms with Crippen LogP contribution in [0.3, 0.4) is 0 Å². The first kappa shape index (κ1) is 14.7. The Balaban J connectivity index is 2.16. The van der Waals surface area contributed by atoms with E-state index in [2.05, 4.69) is 0 Å². The number of carbonyl (C=O) groups is 1. The second-order valence-corrected chi connectivity index (χ2v) is 4.60. The highest BCUT2D eigenvalue weighted by Crippen LogP contribution is 2.22. The number of carbonyl (C=O) groups excluding carboxylic acids is 1. The van der Waals surface area contributed by atoms with Crippen LogP contribution in [0.4, 0.5) is 4.39 Å². The van der Waals surface area contributed by atoms with Gasteiger partial charge >= 0.3 is 0 Å². The Morgan fingerprint density at radius 2 is 1.80 bits per heavy atom. The minimum atomic E-state index is -0.593. The van der Waals surface area contributed by atoms with Crippen LogP contribution in [0, 0.1) is 5.82 Å². The molecule has 0 bridgehead atoms. The molecule has 0 spiro atoms. The number of halogens is 1. The molecule has 1 heterocycles. The van der Waals surface area contributed by atoms with Gasteiger partial charge in [-0.05, 0) is 12.1 Å². The molecule has 1 fully saturated rings. The predicted molar refractivity (Wildman–Crippen MR) is 70.4 cm³/mol. The molecule has 1 aromatic rings. The SMILES string of the molecule is COc1ccc(C(=O)N2CC(OC)C(OC)C2)c(F)c1. The third-order valence-electron chi connectivity index (χ3n) is 3.51. The molecule has 2 atom stereocenters. The average Bonchev–Trinajstić information content (AvgIpc) is 2.89. The molecule has 0 aliphatic carbocycles. The van der Waals surface area contributed by atoms with Gasteiger partial charge in [0.1, 0.15) is 23.8 Å². The Labute approximate surface area is 117 Å². The zero-order valence-electron chi connectivity index (χ0n) is 11.8. The maximum atomic E-state index is 13.9.